The smallest absolute Gasteiger partial charge is 0.326 e. The van der Waals surface area contributed by atoms with Gasteiger partial charge in [-0.15, -0.1) is 0 Å². The van der Waals surface area contributed by atoms with Crippen LogP contribution in [0.3, 0.4) is 0 Å². The molecule has 0 unspecified atom stereocenters. The lowest BCUT2D eigenvalue weighted by Gasteiger charge is -2.13. The molecule has 0 aliphatic rings. The summed E-state index contributed by atoms with van der Waals surface area (Å²) >= 11 is 3.26. The van der Waals surface area contributed by atoms with Gasteiger partial charge in [0.25, 0.3) is 5.91 Å². The molecule has 20 heavy (non-hydrogen) atoms. The maximum absolute atomic E-state index is 12.1. The molecule has 0 aliphatic carbocycles. The van der Waals surface area contributed by atoms with E-state index in [1.165, 1.54) is 12.5 Å². The fourth-order valence-corrected chi connectivity index (χ4v) is 2.32. The molecule has 0 bridgehead atoms. The lowest BCUT2D eigenvalue weighted by atomic mass is 10.1. The number of aromatic amines is 1. The largest absolute Gasteiger partial charge is 0.480 e. The highest BCUT2D eigenvalue weighted by Gasteiger charge is 2.23. The standard InChI is InChI=1S/C12H13BrN4O3/c1-17-5-7(13)2-10(17)11(18)16-9(12(19)20)3-8-4-14-6-15-8/h2,4-6,9H,3H2,1H3,(H,14,15)(H,16,18)(H,19,20)/t9-/m1/s1. The molecule has 2 aromatic rings. The quantitative estimate of drug-likeness (QED) is 0.753. The molecular weight excluding hydrogens is 328 g/mol. The Balaban J connectivity index is 2.10. The zero-order valence-electron chi connectivity index (χ0n) is 10.6. The summed E-state index contributed by atoms with van der Waals surface area (Å²) < 4.78 is 2.37. The van der Waals surface area contributed by atoms with Crippen LogP contribution in [-0.4, -0.2) is 37.6 Å². The SMILES string of the molecule is Cn1cc(Br)cc1C(=O)N[C@H](Cc1cnc[nH]1)C(=O)O. The molecule has 1 atom stereocenters. The van der Waals surface area contributed by atoms with Gasteiger partial charge in [0.15, 0.2) is 0 Å². The molecule has 0 saturated carbocycles. The number of hydrogen-bond donors (Lipinski definition) is 3. The molecule has 0 spiro atoms. The number of aromatic nitrogens is 3. The second-order valence-electron chi connectivity index (χ2n) is 4.30. The molecule has 0 fully saturated rings. The summed E-state index contributed by atoms with van der Waals surface area (Å²) in [6.07, 6.45) is 4.86. The van der Waals surface area contributed by atoms with Gasteiger partial charge in [0.2, 0.25) is 0 Å². The summed E-state index contributed by atoms with van der Waals surface area (Å²) in [5.74, 6) is -1.54. The number of amides is 1. The monoisotopic (exact) mass is 340 g/mol. The fourth-order valence-electron chi connectivity index (χ4n) is 1.80. The van der Waals surface area contributed by atoms with E-state index in [1.807, 2.05) is 0 Å². The Morgan fingerprint density at radius 3 is 2.85 bits per heavy atom. The van der Waals surface area contributed by atoms with Gasteiger partial charge >= 0.3 is 5.97 Å². The van der Waals surface area contributed by atoms with Gasteiger partial charge in [-0.2, -0.15) is 0 Å². The number of imidazole rings is 1. The third-order valence-corrected chi connectivity index (χ3v) is 3.22. The van der Waals surface area contributed by atoms with Crippen molar-refractivity contribution < 1.29 is 14.7 Å². The van der Waals surface area contributed by atoms with Gasteiger partial charge in [0.1, 0.15) is 11.7 Å². The molecule has 1 amide bonds. The Labute approximate surface area is 123 Å². The molecule has 0 aromatic carbocycles. The van der Waals surface area contributed by atoms with Gasteiger partial charge in [-0.1, -0.05) is 0 Å². The number of aryl methyl sites for hydroxylation is 1. The van der Waals surface area contributed by atoms with Crippen molar-refractivity contribution in [1.29, 1.82) is 0 Å². The van der Waals surface area contributed by atoms with E-state index < -0.39 is 17.9 Å². The van der Waals surface area contributed by atoms with Crippen molar-refractivity contribution in [3.05, 3.63) is 40.6 Å². The van der Waals surface area contributed by atoms with E-state index >= 15 is 0 Å². The summed E-state index contributed by atoms with van der Waals surface area (Å²) in [4.78, 5) is 29.9. The Morgan fingerprint density at radius 2 is 2.35 bits per heavy atom. The average molecular weight is 341 g/mol. The molecule has 2 rings (SSSR count). The summed E-state index contributed by atoms with van der Waals surface area (Å²) in [6, 6.07) is 0.612. The molecular formula is C12H13BrN4O3. The van der Waals surface area contributed by atoms with E-state index in [9.17, 15) is 14.7 Å². The molecule has 0 aliphatic heterocycles. The first kappa shape index (κ1) is 14.3. The van der Waals surface area contributed by atoms with Gasteiger partial charge < -0.3 is 20.0 Å². The van der Waals surface area contributed by atoms with Crippen LogP contribution in [0.5, 0.6) is 0 Å². The van der Waals surface area contributed by atoms with E-state index in [1.54, 1.807) is 23.9 Å². The number of H-pyrrole nitrogens is 1. The van der Waals surface area contributed by atoms with Crippen molar-refractivity contribution in [1.82, 2.24) is 19.9 Å². The van der Waals surface area contributed by atoms with Crippen molar-refractivity contribution in [2.24, 2.45) is 7.05 Å². The van der Waals surface area contributed by atoms with Crippen LogP contribution in [-0.2, 0) is 18.3 Å². The molecule has 3 N–H and O–H groups in total. The van der Waals surface area contributed by atoms with Crippen LogP contribution < -0.4 is 5.32 Å². The van der Waals surface area contributed by atoms with Crippen LogP contribution in [0.1, 0.15) is 16.2 Å². The van der Waals surface area contributed by atoms with Crippen molar-refractivity contribution >= 4 is 27.8 Å². The molecule has 0 radical (unpaired) electrons. The van der Waals surface area contributed by atoms with Crippen LogP contribution in [0.2, 0.25) is 0 Å². The number of rotatable bonds is 5. The van der Waals surface area contributed by atoms with E-state index in [4.69, 9.17) is 0 Å². The van der Waals surface area contributed by atoms with Gasteiger partial charge in [0, 0.05) is 36.0 Å². The summed E-state index contributed by atoms with van der Waals surface area (Å²) in [5, 5.41) is 11.7. The maximum atomic E-state index is 12.1. The zero-order chi connectivity index (χ0) is 14.7. The molecule has 106 valence electrons. The Morgan fingerprint density at radius 1 is 1.60 bits per heavy atom. The first-order valence-electron chi connectivity index (χ1n) is 5.80. The number of aliphatic carboxylic acids is 1. The average Bonchev–Trinajstić information content (AvgIpc) is 2.97. The number of nitrogens with zero attached hydrogens (tertiary/aromatic N) is 2. The number of carbonyl (C=O) groups excluding carboxylic acids is 1. The maximum Gasteiger partial charge on any atom is 0.326 e. The van der Waals surface area contributed by atoms with Crippen LogP contribution in [0.4, 0.5) is 0 Å². The first-order valence-corrected chi connectivity index (χ1v) is 6.59. The summed E-state index contributed by atoms with van der Waals surface area (Å²) in [6.45, 7) is 0. The Bertz CT molecular complexity index is 621. The van der Waals surface area contributed by atoms with E-state index in [-0.39, 0.29) is 6.42 Å². The normalized spacial score (nSPS) is 12.1. The van der Waals surface area contributed by atoms with Crippen molar-refractivity contribution in [3.8, 4) is 0 Å². The van der Waals surface area contributed by atoms with Gasteiger partial charge in [-0.25, -0.2) is 9.78 Å². The van der Waals surface area contributed by atoms with E-state index in [0.29, 0.717) is 11.4 Å². The molecule has 7 nitrogen and oxygen atoms in total. The van der Waals surface area contributed by atoms with Crippen LogP contribution in [0.25, 0.3) is 0 Å². The minimum absolute atomic E-state index is 0.146. The molecule has 2 aromatic heterocycles. The molecule has 0 saturated heterocycles. The highest BCUT2D eigenvalue weighted by atomic mass is 79.9. The predicted molar refractivity (Wildman–Crippen MR) is 74.3 cm³/mol. The van der Waals surface area contributed by atoms with E-state index in [0.717, 1.165) is 4.47 Å². The van der Waals surface area contributed by atoms with Crippen molar-refractivity contribution in [2.75, 3.05) is 0 Å². The Hall–Kier alpha value is -2.09. The van der Waals surface area contributed by atoms with Gasteiger partial charge in [-0.05, 0) is 22.0 Å². The fraction of sp³-hybridized carbons (Fsp3) is 0.250. The number of hydrogen-bond acceptors (Lipinski definition) is 3. The number of carbonyl (C=O) groups is 2. The minimum Gasteiger partial charge on any atom is -0.480 e. The van der Waals surface area contributed by atoms with Crippen LogP contribution in [0, 0.1) is 0 Å². The summed E-state index contributed by atoms with van der Waals surface area (Å²) in [5.41, 5.74) is 1.03. The first-order chi connectivity index (χ1) is 9.47. The van der Waals surface area contributed by atoms with Crippen LogP contribution >= 0.6 is 15.9 Å². The summed E-state index contributed by atoms with van der Waals surface area (Å²) in [7, 11) is 1.71. The number of carboxylic acids is 1. The lowest BCUT2D eigenvalue weighted by molar-refractivity contribution is -0.139. The third-order valence-electron chi connectivity index (χ3n) is 2.79. The number of nitrogens with one attached hydrogen (secondary N) is 2. The number of carboxylic acid groups (broad SMARTS) is 1. The highest BCUT2D eigenvalue weighted by molar-refractivity contribution is 9.10. The second-order valence-corrected chi connectivity index (χ2v) is 5.22. The zero-order valence-corrected chi connectivity index (χ0v) is 12.2. The number of halogens is 1. The predicted octanol–water partition coefficient (Wildman–Crippen LogP) is 0.936. The third kappa shape index (κ3) is 3.27. The highest BCUT2D eigenvalue weighted by Crippen LogP contribution is 2.13. The van der Waals surface area contributed by atoms with Crippen LogP contribution in [0.15, 0.2) is 29.3 Å². The topological polar surface area (TPSA) is 100 Å². The minimum atomic E-state index is -1.10. The second kappa shape index (κ2) is 5.91. The van der Waals surface area contributed by atoms with E-state index in [2.05, 4.69) is 31.2 Å². The Kier molecular flexibility index (Phi) is 4.23. The van der Waals surface area contributed by atoms with Gasteiger partial charge in [0.05, 0.1) is 6.33 Å². The van der Waals surface area contributed by atoms with Crippen molar-refractivity contribution in [2.45, 2.75) is 12.5 Å². The molecule has 2 heterocycles. The lowest BCUT2D eigenvalue weighted by Crippen LogP contribution is -2.42. The van der Waals surface area contributed by atoms with Crippen molar-refractivity contribution in [3.63, 3.8) is 0 Å². The molecule has 8 heteroatoms. The van der Waals surface area contributed by atoms with Gasteiger partial charge in [-0.3, -0.25) is 4.79 Å².